The van der Waals surface area contributed by atoms with Gasteiger partial charge in [-0.25, -0.2) is 4.79 Å². The molecule has 3 heterocycles. The molecular weight excluding hydrogens is 502 g/mol. The zero-order valence-corrected chi connectivity index (χ0v) is 23.1. The van der Waals surface area contributed by atoms with Gasteiger partial charge >= 0.3 is 11.9 Å². The minimum Gasteiger partial charge on any atom is -1.00 e. The van der Waals surface area contributed by atoms with Gasteiger partial charge in [-0.2, -0.15) is 0 Å². The number of ether oxygens (including phenoxy) is 3. The Morgan fingerprint density at radius 2 is 1.45 bits per heavy atom. The fourth-order valence-corrected chi connectivity index (χ4v) is 7.09. The van der Waals surface area contributed by atoms with E-state index in [1.807, 2.05) is 67.6 Å². The minimum absolute atomic E-state index is 0. The predicted octanol–water partition coefficient (Wildman–Crippen LogP) is 2.49. The van der Waals surface area contributed by atoms with Gasteiger partial charge in [0.05, 0.1) is 25.2 Å². The maximum absolute atomic E-state index is 14.2. The van der Waals surface area contributed by atoms with Crippen LogP contribution in [0.4, 0.5) is 0 Å². The van der Waals surface area contributed by atoms with Crippen molar-refractivity contribution >= 4 is 11.9 Å². The number of rotatable bonds is 10. The van der Waals surface area contributed by atoms with Gasteiger partial charge < -0.3 is 31.1 Å². The number of hydrogen-bond acceptors (Lipinski definition) is 5. The number of benzene rings is 2. The lowest BCUT2D eigenvalue weighted by Gasteiger charge is -2.47. The van der Waals surface area contributed by atoms with Gasteiger partial charge in [0, 0.05) is 44.9 Å². The van der Waals surface area contributed by atoms with E-state index < -0.39 is 11.6 Å². The molecule has 0 saturated carbocycles. The molecule has 38 heavy (non-hydrogen) atoms. The van der Waals surface area contributed by atoms with Crippen LogP contribution in [0.1, 0.15) is 75.8 Å². The van der Waals surface area contributed by atoms with E-state index in [0.717, 1.165) is 25.7 Å². The van der Waals surface area contributed by atoms with Gasteiger partial charge in [-0.1, -0.05) is 74.0 Å². The molecule has 7 heteroatoms. The average Bonchev–Trinajstić information content (AvgIpc) is 3.47. The molecule has 0 radical (unpaired) electrons. The van der Waals surface area contributed by atoms with Crippen molar-refractivity contribution in [2.45, 2.75) is 88.5 Å². The van der Waals surface area contributed by atoms with Crippen LogP contribution in [0.25, 0.3) is 0 Å². The van der Waals surface area contributed by atoms with Gasteiger partial charge in [0.25, 0.3) is 0 Å². The first-order chi connectivity index (χ1) is 18.1. The first-order valence-electron chi connectivity index (χ1n) is 14.1. The lowest BCUT2D eigenvalue weighted by Crippen LogP contribution is -3.00. The summed E-state index contributed by atoms with van der Waals surface area (Å²) < 4.78 is 19.3. The molecule has 0 aliphatic carbocycles. The van der Waals surface area contributed by atoms with Gasteiger partial charge in [0.2, 0.25) is 5.60 Å². The lowest BCUT2D eigenvalue weighted by atomic mass is 9.85. The Kier molecular flexibility index (Phi) is 9.50. The van der Waals surface area contributed by atoms with E-state index in [1.54, 1.807) is 0 Å². The van der Waals surface area contributed by atoms with Crippen LogP contribution in [-0.2, 0) is 29.4 Å². The van der Waals surface area contributed by atoms with Crippen molar-refractivity contribution in [2.24, 2.45) is 0 Å². The third-order valence-corrected chi connectivity index (χ3v) is 8.91. The molecule has 6 nitrogen and oxygen atoms in total. The van der Waals surface area contributed by atoms with E-state index in [9.17, 15) is 9.59 Å². The van der Waals surface area contributed by atoms with Gasteiger partial charge in [0.15, 0.2) is 6.79 Å². The molecule has 5 rings (SSSR count). The standard InChI is InChI=1S/C31H40NO5.ClH/c1-2-3-16-29(33)35-23-36-31(24-12-6-4-7-13-24,25-14-8-5-9-15-25)30(34)37-28-21-26-17-18-27(22-28)32(26)19-10-11-20-32;/h4-9,12-15,26-28H,2-3,10-11,16-23H2,1H3;1H/q+1;/p-1. The van der Waals surface area contributed by atoms with Crippen LogP contribution in [-0.4, -0.2) is 54.5 Å². The highest BCUT2D eigenvalue weighted by molar-refractivity contribution is 5.86. The van der Waals surface area contributed by atoms with Crippen LogP contribution in [0.15, 0.2) is 60.7 Å². The van der Waals surface area contributed by atoms with Crippen LogP contribution in [0.5, 0.6) is 0 Å². The number of piperidine rings is 1. The van der Waals surface area contributed by atoms with Crippen molar-refractivity contribution in [1.82, 2.24) is 0 Å². The Morgan fingerprint density at radius 3 is 1.97 bits per heavy atom. The number of unbranched alkanes of at least 4 members (excludes halogenated alkanes) is 1. The number of halogens is 1. The number of carbonyl (C=O) groups excluding carboxylic acids is 2. The zero-order valence-electron chi connectivity index (χ0n) is 22.4. The van der Waals surface area contributed by atoms with Crippen LogP contribution in [0, 0.1) is 0 Å². The summed E-state index contributed by atoms with van der Waals surface area (Å²) in [6.07, 6.45) is 8.77. The fourth-order valence-electron chi connectivity index (χ4n) is 7.09. The number of quaternary nitrogens is 1. The summed E-state index contributed by atoms with van der Waals surface area (Å²) in [5, 5.41) is 0. The maximum Gasteiger partial charge on any atom is 0.348 e. The summed E-state index contributed by atoms with van der Waals surface area (Å²) in [7, 11) is 0. The molecule has 0 aromatic heterocycles. The molecule has 1 spiro atoms. The maximum atomic E-state index is 14.2. The van der Waals surface area contributed by atoms with Crippen molar-refractivity contribution in [3.05, 3.63) is 71.8 Å². The number of hydrogen-bond donors (Lipinski definition) is 0. The first kappa shape index (κ1) is 28.6. The molecule has 2 aromatic carbocycles. The molecule has 2 aromatic rings. The highest BCUT2D eigenvalue weighted by Gasteiger charge is 2.56. The highest BCUT2D eigenvalue weighted by Crippen LogP contribution is 2.47. The normalized spacial score (nSPS) is 23.6. The van der Waals surface area contributed by atoms with E-state index in [4.69, 9.17) is 14.2 Å². The molecule has 0 amide bonds. The third-order valence-electron chi connectivity index (χ3n) is 8.91. The van der Waals surface area contributed by atoms with Crippen molar-refractivity contribution in [3.8, 4) is 0 Å². The van der Waals surface area contributed by atoms with Crippen molar-refractivity contribution in [1.29, 1.82) is 0 Å². The Morgan fingerprint density at radius 1 is 0.895 bits per heavy atom. The number of esters is 2. The Hall–Kier alpha value is -2.41. The SMILES string of the molecule is CCCCC(=O)OCOC(C(=O)OC1CC2CCC(C1)[N+]21CCCC1)(c1ccccc1)c1ccccc1.[Cl-]. The van der Waals surface area contributed by atoms with Crippen LogP contribution >= 0.6 is 0 Å². The second-order valence-electron chi connectivity index (χ2n) is 10.9. The summed E-state index contributed by atoms with van der Waals surface area (Å²) in [6, 6.07) is 20.1. The summed E-state index contributed by atoms with van der Waals surface area (Å²) in [6.45, 7) is 4.26. The second kappa shape index (κ2) is 12.6. The van der Waals surface area contributed by atoms with Gasteiger partial charge in [-0.15, -0.1) is 0 Å². The van der Waals surface area contributed by atoms with Crippen molar-refractivity contribution in [3.63, 3.8) is 0 Å². The van der Waals surface area contributed by atoms with Crippen LogP contribution in [0.3, 0.4) is 0 Å². The highest BCUT2D eigenvalue weighted by atomic mass is 35.5. The van der Waals surface area contributed by atoms with Crippen LogP contribution < -0.4 is 12.4 Å². The van der Waals surface area contributed by atoms with Crippen molar-refractivity contribution < 1.29 is 40.7 Å². The monoisotopic (exact) mass is 541 g/mol. The molecule has 2 unspecified atom stereocenters. The van der Waals surface area contributed by atoms with Gasteiger partial charge in [-0.05, 0) is 17.5 Å². The van der Waals surface area contributed by atoms with Gasteiger partial charge in [0.1, 0.15) is 6.10 Å². The fraction of sp³-hybridized carbons (Fsp3) is 0.548. The molecular formula is C31H40ClNO5. The molecule has 3 fully saturated rings. The summed E-state index contributed by atoms with van der Waals surface area (Å²) in [5.74, 6) is -0.762. The summed E-state index contributed by atoms with van der Waals surface area (Å²) in [4.78, 5) is 26.5. The minimum atomic E-state index is -1.52. The van der Waals surface area contributed by atoms with E-state index >= 15 is 0 Å². The molecule has 206 valence electrons. The smallest absolute Gasteiger partial charge is 0.348 e. The zero-order chi connectivity index (χ0) is 25.7. The quantitative estimate of drug-likeness (QED) is 0.263. The van der Waals surface area contributed by atoms with E-state index in [1.165, 1.54) is 43.3 Å². The summed E-state index contributed by atoms with van der Waals surface area (Å²) in [5.41, 5.74) is -0.195. The van der Waals surface area contributed by atoms with E-state index in [0.29, 0.717) is 29.6 Å². The van der Waals surface area contributed by atoms with Crippen molar-refractivity contribution in [2.75, 3.05) is 19.9 Å². The first-order valence-corrected chi connectivity index (χ1v) is 14.1. The molecule has 0 N–H and O–H groups in total. The topological polar surface area (TPSA) is 61.8 Å². The van der Waals surface area contributed by atoms with E-state index in [2.05, 4.69) is 0 Å². The molecule has 3 saturated heterocycles. The van der Waals surface area contributed by atoms with Gasteiger partial charge in [-0.3, -0.25) is 4.79 Å². The third kappa shape index (κ3) is 5.49. The number of nitrogens with zero attached hydrogens (tertiary/aromatic N) is 1. The Balaban J connectivity index is 0.00000336. The van der Waals surface area contributed by atoms with Crippen LogP contribution in [0.2, 0.25) is 0 Å². The molecule has 3 aliphatic rings. The Bertz CT molecular complexity index is 1000. The second-order valence-corrected chi connectivity index (χ2v) is 10.9. The Labute approximate surface area is 232 Å². The average molecular weight is 542 g/mol. The molecule has 3 aliphatic heterocycles. The largest absolute Gasteiger partial charge is 1.00 e. The predicted molar refractivity (Wildman–Crippen MR) is 140 cm³/mol. The lowest BCUT2D eigenvalue weighted by molar-refractivity contribution is -0.956. The molecule has 2 atom stereocenters. The number of carbonyl (C=O) groups is 2. The summed E-state index contributed by atoms with van der Waals surface area (Å²) >= 11 is 0. The molecule has 2 bridgehead atoms. The van der Waals surface area contributed by atoms with E-state index in [-0.39, 0.29) is 31.3 Å².